The van der Waals surface area contributed by atoms with Crippen LogP contribution in [0.15, 0.2) is 46.9 Å². The first kappa shape index (κ1) is 20.7. The number of fused-ring (bicyclic) bond motifs is 1. The van der Waals surface area contributed by atoms with Gasteiger partial charge < -0.3 is 5.32 Å². The summed E-state index contributed by atoms with van der Waals surface area (Å²) in [6.45, 7) is 11.2. The summed E-state index contributed by atoms with van der Waals surface area (Å²) in [4.78, 5) is 30.0. The average molecular weight is 385 g/mol. The highest BCUT2D eigenvalue weighted by atomic mass is 32.2. The SMILES string of the molecule is C=CCn1c(S[C@@H](C)C(=O)N[C@@](C)(C#N)C(C)C)nc2ccccc2c1=O. The lowest BCUT2D eigenvalue weighted by molar-refractivity contribution is -0.121. The molecule has 1 aromatic heterocycles. The Kier molecular flexibility index (Phi) is 6.45. The highest BCUT2D eigenvalue weighted by Crippen LogP contribution is 2.24. The number of allylic oxidation sites excluding steroid dienone is 1. The number of carbonyl (C=O) groups excluding carboxylic acids is 1. The smallest absolute Gasteiger partial charge is 0.262 e. The van der Waals surface area contributed by atoms with E-state index in [0.29, 0.717) is 22.6 Å². The summed E-state index contributed by atoms with van der Waals surface area (Å²) in [7, 11) is 0. The van der Waals surface area contributed by atoms with Crippen LogP contribution in [0.4, 0.5) is 0 Å². The Bertz CT molecular complexity index is 961. The predicted octanol–water partition coefficient (Wildman–Crippen LogP) is 3.12. The van der Waals surface area contributed by atoms with Crippen molar-refractivity contribution in [3.8, 4) is 6.07 Å². The lowest BCUT2D eigenvalue weighted by atomic mass is 9.90. The van der Waals surface area contributed by atoms with Gasteiger partial charge in [-0.2, -0.15) is 5.26 Å². The molecule has 2 atom stereocenters. The van der Waals surface area contributed by atoms with Gasteiger partial charge >= 0.3 is 0 Å². The zero-order valence-corrected chi connectivity index (χ0v) is 16.8. The number of nitriles is 1. The number of para-hydroxylation sites is 1. The van der Waals surface area contributed by atoms with E-state index < -0.39 is 10.8 Å². The first-order valence-electron chi connectivity index (χ1n) is 8.74. The van der Waals surface area contributed by atoms with Crippen molar-refractivity contribution in [2.24, 2.45) is 5.92 Å². The molecule has 0 unspecified atom stereocenters. The van der Waals surface area contributed by atoms with Crippen molar-refractivity contribution in [1.29, 1.82) is 5.26 Å². The minimum Gasteiger partial charge on any atom is -0.337 e. The lowest BCUT2D eigenvalue weighted by Crippen LogP contribution is -2.51. The highest BCUT2D eigenvalue weighted by Gasteiger charge is 2.32. The number of aromatic nitrogens is 2. The summed E-state index contributed by atoms with van der Waals surface area (Å²) in [6.07, 6.45) is 1.62. The molecule has 1 heterocycles. The molecule has 0 aliphatic carbocycles. The molecule has 0 radical (unpaired) electrons. The Hall–Kier alpha value is -2.59. The van der Waals surface area contributed by atoms with E-state index in [1.54, 1.807) is 38.1 Å². The van der Waals surface area contributed by atoms with E-state index in [1.165, 1.54) is 16.3 Å². The Morgan fingerprint density at radius 3 is 2.70 bits per heavy atom. The summed E-state index contributed by atoms with van der Waals surface area (Å²) in [5, 5.41) is 12.7. The molecule has 0 saturated heterocycles. The monoisotopic (exact) mass is 384 g/mol. The molecule has 1 aromatic carbocycles. The summed E-state index contributed by atoms with van der Waals surface area (Å²) < 4.78 is 1.51. The van der Waals surface area contributed by atoms with Crippen molar-refractivity contribution in [3.63, 3.8) is 0 Å². The molecule has 0 saturated carbocycles. The zero-order valence-electron chi connectivity index (χ0n) is 16.0. The van der Waals surface area contributed by atoms with Crippen molar-refractivity contribution in [2.45, 2.75) is 50.2 Å². The summed E-state index contributed by atoms with van der Waals surface area (Å²) in [5.74, 6) is -0.313. The molecule has 2 aromatic rings. The maximum Gasteiger partial charge on any atom is 0.262 e. The molecular weight excluding hydrogens is 360 g/mol. The highest BCUT2D eigenvalue weighted by molar-refractivity contribution is 8.00. The first-order chi connectivity index (χ1) is 12.7. The third kappa shape index (κ3) is 4.40. The van der Waals surface area contributed by atoms with Gasteiger partial charge in [-0.05, 0) is 31.9 Å². The molecule has 27 heavy (non-hydrogen) atoms. The topological polar surface area (TPSA) is 87.8 Å². The molecule has 1 amide bonds. The van der Waals surface area contributed by atoms with E-state index in [2.05, 4.69) is 22.9 Å². The van der Waals surface area contributed by atoms with Crippen molar-refractivity contribution in [1.82, 2.24) is 14.9 Å². The van der Waals surface area contributed by atoms with Crippen LogP contribution in [0.5, 0.6) is 0 Å². The van der Waals surface area contributed by atoms with Gasteiger partial charge in [-0.3, -0.25) is 14.2 Å². The fourth-order valence-corrected chi connectivity index (χ4v) is 3.32. The summed E-state index contributed by atoms with van der Waals surface area (Å²) in [5.41, 5.74) is -0.537. The van der Waals surface area contributed by atoms with Crippen LogP contribution in [0, 0.1) is 17.2 Å². The van der Waals surface area contributed by atoms with Crippen molar-refractivity contribution in [2.75, 3.05) is 0 Å². The Balaban J connectivity index is 2.36. The maximum absolute atomic E-state index is 12.8. The standard InChI is InChI=1S/C20H24N4O2S/c1-6-11-24-18(26)15-9-7-8-10-16(15)22-19(24)27-14(4)17(25)23-20(5,12-21)13(2)3/h6-10,13-14H,1,11H2,2-5H3,(H,23,25)/t14-,20-/m0/s1. The molecule has 2 rings (SSSR count). The third-order valence-corrected chi connectivity index (χ3v) is 5.65. The Morgan fingerprint density at radius 1 is 1.44 bits per heavy atom. The fraction of sp³-hybridized carbons (Fsp3) is 0.400. The number of benzene rings is 1. The molecule has 0 aliphatic heterocycles. The van der Waals surface area contributed by atoms with Crippen LogP contribution in [0.3, 0.4) is 0 Å². The van der Waals surface area contributed by atoms with Crippen LogP contribution in [-0.4, -0.2) is 26.2 Å². The van der Waals surface area contributed by atoms with E-state index >= 15 is 0 Å². The zero-order chi connectivity index (χ0) is 20.2. The van der Waals surface area contributed by atoms with E-state index in [4.69, 9.17) is 0 Å². The fourth-order valence-electron chi connectivity index (χ4n) is 2.40. The molecule has 0 fully saturated rings. The second-order valence-corrected chi connectivity index (χ2v) is 8.14. The van der Waals surface area contributed by atoms with Gasteiger partial charge in [-0.25, -0.2) is 4.98 Å². The molecule has 0 aliphatic rings. The summed E-state index contributed by atoms with van der Waals surface area (Å²) >= 11 is 1.19. The predicted molar refractivity (Wildman–Crippen MR) is 109 cm³/mol. The van der Waals surface area contributed by atoms with Gasteiger partial charge in [0, 0.05) is 6.54 Å². The van der Waals surface area contributed by atoms with Gasteiger partial charge in [0.15, 0.2) is 5.16 Å². The largest absolute Gasteiger partial charge is 0.337 e. The molecule has 0 bridgehead atoms. The molecule has 142 valence electrons. The normalized spacial score (nSPS) is 14.4. The van der Waals surface area contributed by atoms with Crippen LogP contribution in [0.2, 0.25) is 0 Å². The maximum atomic E-state index is 12.8. The summed E-state index contributed by atoms with van der Waals surface area (Å²) in [6, 6.07) is 9.28. The van der Waals surface area contributed by atoms with Crippen LogP contribution in [0.1, 0.15) is 27.7 Å². The Labute approximate surface area is 163 Å². The molecule has 7 heteroatoms. The number of hydrogen-bond donors (Lipinski definition) is 1. The van der Waals surface area contributed by atoms with E-state index in [9.17, 15) is 14.9 Å². The van der Waals surface area contributed by atoms with E-state index in [1.807, 2.05) is 19.9 Å². The molecule has 1 N–H and O–H groups in total. The second-order valence-electron chi connectivity index (χ2n) is 6.83. The van der Waals surface area contributed by atoms with Gasteiger partial charge in [0.2, 0.25) is 5.91 Å². The van der Waals surface area contributed by atoms with Crippen molar-refractivity contribution >= 4 is 28.6 Å². The third-order valence-electron chi connectivity index (χ3n) is 4.56. The molecule has 6 nitrogen and oxygen atoms in total. The van der Waals surface area contributed by atoms with Crippen molar-refractivity contribution in [3.05, 3.63) is 47.3 Å². The van der Waals surface area contributed by atoms with Crippen LogP contribution in [0.25, 0.3) is 10.9 Å². The first-order valence-corrected chi connectivity index (χ1v) is 9.62. The minimum absolute atomic E-state index is 0.0404. The van der Waals surface area contributed by atoms with Gasteiger partial charge in [0.25, 0.3) is 5.56 Å². The number of rotatable bonds is 7. The molecule has 0 spiro atoms. The van der Waals surface area contributed by atoms with Gasteiger partial charge in [0.05, 0.1) is 22.2 Å². The quantitative estimate of drug-likeness (QED) is 0.450. The van der Waals surface area contributed by atoms with Crippen LogP contribution in [-0.2, 0) is 11.3 Å². The second kappa shape index (κ2) is 8.40. The Morgan fingerprint density at radius 2 is 2.11 bits per heavy atom. The number of nitrogens with zero attached hydrogens (tertiary/aromatic N) is 3. The van der Waals surface area contributed by atoms with Crippen molar-refractivity contribution < 1.29 is 4.79 Å². The number of carbonyl (C=O) groups is 1. The average Bonchev–Trinajstić information content (AvgIpc) is 2.64. The van der Waals surface area contributed by atoms with Crippen LogP contribution >= 0.6 is 11.8 Å². The number of nitrogens with one attached hydrogen (secondary N) is 1. The van der Waals surface area contributed by atoms with E-state index in [-0.39, 0.29) is 17.4 Å². The van der Waals surface area contributed by atoms with E-state index in [0.717, 1.165) is 0 Å². The number of hydrogen-bond acceptors (Lipinski definition) is 5. The van der Waals surface area contributed by atoms with Gasteiger partial charge in [-0.1, -0.05) is 43.8 Å². The van der Waals surface area contributed by atoms with Gasteiger partial charge in [-0.15, -0.1) is 6.58 Å². The lowest BCUT2D eigenvalue weighted by Gasteiger charge is -2.28. The van der Waals surface area contributed by atoms with Crippen LogP contribution < -0.4 is 10.9 Å². The number of amides is 1. The molecular formula is C20H24N4O2S. The minimum atomic E-state index is -0.955. The number of thioether (sulfide) groups is 1. The van der Waals surface area contributed by atoms with Gasteiger partial charge in [0.1, 0.15) is 5.54 Å².